The third-order valence-electron chi connectivity index (χ3n) is 2.53. The lowest BCUT2D eigenvalue weighted by Gasteiger charge is -2.03. The first-order chi connectivity index (χ1) is 9.08. The van der Waals surface area contributed by atoms with Gasteiger partial charge in [-0.3, -0.25) is 4.79 Å². The number of hydrogen-bond acceptors (Lipinski definition) is 2. The molecule has 0 aliphatic carbocycles. The van der Waals surface area contributed by atoms with Gasteiger partial charge in [-0.25, -0.2) is 0 Å². The third-order valence-corrected chi connectivity index (χ3v) is 4.17. The first kappa shape index (κ1) is 14.5. The fourth-order valence-corrected chi connectivity index (χ4v) is 3.31. The van der Waals surface area contributed by atoms with Crippen LogP contribution < -0.4 is 0 Å². The van der Waals surface area contributed by atoms with Gasteiger partial charge in [-0.1, -0.05) is 36.4 Å². The van der Waals surface area contributed by atoms with Gasteiger partial charge in [0.25, 0.3) is 0 Å². The van der Waals surface area contributed by atoms with Crippen LogP contribution in [-0.4, -0.2) is 10.9 Å². The summed E-state index contributed by atoms with van der Waals surface area (Å²) in [4.78, 5) is 12.1. The molecule has 0 aliphatic rings. The predicted octanol–water partition coefficient (Wildman–Crippen LogP) is 4.50. The number of halogens is 2. The van der Waals surface area contributed by atoms with Crippen molar-refractivity contribution in [1.82, 2.24) is 0 Å². The molecule has 0 aliphatic heterocycles. The van der Waals surface area contributed by atoms with Gasteiger partial charge < -0.3 is 5.11 Å². The van der Waals surface area contributed by atoms with Gasteiger partial charge in [0.15, 0.2) is 5.78 Å². The van der Waals surface area contributed by atoms with Crippen LogP contribution in [0.5, 0.6) is 5.75 Å². The molecule has 0 amide bonds. The number of phenolic OH excluding ortho intramolecular Hbond substituents is 1. The quantitative estimate of drug-likeness (QED) is 0.403. The maximum atomic E-state index is 12.1. The molecule has 0 aromatic heterocycles. The summed E-state index contributed by atoms with van der Waals surface area (Å²) in [5.41, 5.74) is 1.57. The standard InChI is InChI=1S/C15H10I2O2/c16-12-8-11(9-13(17)15(12)19)14(18)7-6-10-4-2-1-3-5-10/h1-9,19H. The predicted molar refractivity (Wildman–Crippen MR) is 93.3 cm³/mol. The van der Waals surface area contributed by atoms with E-state index < -0.39 is 0 Å². The van der Waals surface area contributed by atoms with Gasteiger partial charge in [-0.2, -0.15) is 0 Å². The number of phenols is 1. The molecule has 2 aromatic rings. The van der Waals surface area contributed by atoms with Crippen molar-refractivity contribution in [3.05, 3.63) is 66.8 Å². The van der Waals surface area contributed by atoms with Crippen molar-refractivity contribution in [2.45, 2.75) is 0 Å². The van der Waals surface area contributed by atoms with Crippen LogP contribution in [0, 0.1) is 7.14 Å². The Labute approximate surface area is 138 Å². The Morgan fingerprint density at radius 3 is 2.21 bits per heavy atom. The van der Waals surface area contributed by atoms with Gasteiger partial charge in [0.2, 0.25) is 0 Å². The van der Waals surface area contributed by atoms with E-state index in [1.54, 1.807) is 24.3 Å². The van der Waals surface area contributed by atoms with Crippen molar-refractivity contribution < 1.29 is 9.90 Å². The Hall–Kier alpha value is -0.890. The second kappa shape index (κ2) is 6.51. The molecule has 96 valence electrons. The molecule has 2 aromatic carbocycles. The monoisotopic (exact) mass is 476 g/mol. The summed E-state index contributed by atoms with van der Waals surface area (Å²) in [5, 5.41) is 9.68. The molecule has 2 nitrogen and oxygen atoms in total. The van der Waals surface area contributed by atoms with Crippen LogP contribution in [0.2, 0.25) is 0 Å². The molecule has 0 bridgehead atoms. The van der Waals surface area contributed by atoms with E-state index in [4.69, 9.17) is 0 Å². The molecule has 0 saturated carbocycles. The minimum Gasteiger partial charge on any atom is -0.506 e. The van der Waals surface area contributed by atoms with Crippen molar-refractivity contribution in [3.63, 3.8) is 0 Å². The Bertz CT molecular complexity index is 611. The van der Waals surface area contributed by atoms with Crippen LogP contribution in [0.25, 0.3) is 6.08 Å². The van der Waals surface area contributed by atoms with E-state index in [1.807, 2.05) is 75.5 Å². The highest BCUT2D eigenvalue weighted by atomic mass is 127. The average molecular weight is 476 g/mol. The summed E-state index contributed by atoms with van der Waals surface area (Å²) in [6, 6.07) is 13.0. The minimum atomic E-state index is -0.0697. The van der Waals surface area contributed by atoms with Crippen molar-refractivity contribution in [2.24, 2.45) is 0 Å². The Morgan fingerprint density at radius 1 is 1.05 bits per heavy atom. The average Bonchev–Trinajstić information content (AvgIpc) is 2.42. The minimum absolute atomic E-state index is 0.0697. The summed E-state index contributed by atoms with van der Waals surface area (Å²) in [6.45, 7) is 0. The number of rotatable bonds is 3. The van der Waals surface area contributed by atoms with Gasteiger partial charge in [0.05, 0.1) is 7.14 Å². The zero-order valence-electron chi connectivity index (χ0n) is 9.81. The second-order valence-electron chi connectivity index (χ2n) is 3.90. The van der Waals surface area contributed by atoms with E-state index in [0.717, 1.165) is 5.56 Å². The lowest BCUT2D eigenvalue weighted by molar-refractivity contribution is 0.104. The van der Waals surface area contributed by atoms with Crippen LogP contribution in [0.4, 0.5) is 0 Å². The van der Waals surface area contributed by atoms with Gasteiger partial charge in [-0.05, 0) is 69.0 Å². The fourth-order valence-electron chi connectivity index (χ4n) is 1.54. The van der Waals surface area contributed by atoms with Crippen LogP contribution in [0.3, 0.4) is 0 Å². The van der Waals surface area contributed by atoms with E-state index in [2.05, 4.69) is 0 Å². The Balaban J connectivity index is 2.24. The number of benzene rings is 2. The zero-order chi connectivity index (χ0) is 13.8. The maximum absolute atomic E-state index is 12.1. The molecule has 0 fully saturated rings. The van der Waals surface area contributed by atoms with Gasteiger partial charge >= 0.3 is 0 Å². The highest BCUT2D eigenvalue weighted by Gasteiger charge is 2.09. The van der Waals surface area contributed by atoms with Crippen LogP contribution >= 0.6 is 45.2 Å². The Kier molecular flexibility index (Phi) is 4.98. The summed E-state index contributed by atoms with van der Waals surface area (Å²) < 4.78 is 1.36. The zero-order valence-corrected chi connectivity index (χ0v) is 14.1. The van der Waals surface area contributed by atoms with Crippen molar-refractivity contribution in [2.75, 3.05) is 0 Å². The number of carbonyl (C=O) groups excluding carboxylic acids is 1. The molecule has 0 atom stereocenters. The van der Waals surface area contributed by atoms with Crippen molar-refractivity contribution in [3.8, 4) is 5.75 Å². The fraction of sp³-hybridized carbons (Fsp3) is 0. The number of allylic oxidation sites excluding steroid dienone is 1. The summed E-state index contributed by atoms with van der Waals surface area (Å²) in [5.74, 6) is 0.157. The molecular formula is C15H10I2O2. The number of carbonyl (C=O) groups is 1. The first-order valence-corrected chi connectivity index (χ1v) is 7.69. The van der Waals surface area contributed by atoms with Crippen LogP contribution in [0.1, 0.15) is 15.9 Å². The van der Waals surface area contributed by atoms with Crippen LogP contribution in [-0.2, 0) is 0 Å². The smallest absolute Gasteiger partial charge is 0.185 e. The van der Waals surface area contributed by atoms with Crippen molar-refractivity contribution in [1.29, 1.82) is 0 Å². The number of ketones is 1. The topological polar surface area (TPSA) is 37.3 Å². The van der Waals surface area contributed by atoms with E-state index in [-0.39, 0.29) is 11.5 Å². The van der Waals surface area contributed by atoms with E-state index in [9.17, 15) is 9.90 Å². The molecule has 0 spiro atoms. The molecule has 4 heteroatoms. The van der Waals surface area contributed by atoms with Crippen molar-refractivity contribution >= 4 is 57.0 Å². The molecular weight excluding hydrogens is 466 g/mol. The normalized spacial score (nSPS) is 10.8. The lowest BCUT2D eigenvalue weighted by Crippen LogP contribution is -1.96. The molecule has 2 rings (SSSR count). The lowest BCUT2D eigenvalue weighted by atomic mass is 10.1. The van der Waals surface area contributed by atoms with E-state index >= 15 is 0 Å². The van der Waals surface area contributed by atoms with E-state index in [0.29, 0.717) is 12.7 Å². The summed E-state index contributed by atoms with van der Waals surface area (Å²) in [6.07, 6.45) is 3.34. The van der Waals surface area contributed by atoms with E-state index in [1.165, 1.54) is 0 Å². The summed E-state index contributed by atoms with van der Waals surface area (Å²) >= 11 is 4.04. The molecule has 19 heavy (non-hydrogen) atoms. The molecule has 1 N–H and O–H groups in total. The third kappa shape index (κ3) is 3.79. The molecule has 0 heterocycles. The second-order valence-corrected chi connectivity index (χ2v) is 6.22. The highest BCUT2D eigenvalue weighted by molar-refractivity contribution is 14.1. The maximum Gasteiger partial charge on any atom is 0.185 e. The van der Waals surface area contributed by atoms with Gasteiger partial charge in [-0.15, -0.1) is 0 Å². The Morgan fingerprint density at radius 2 is 1.63 bits per heavy atom. The first-order valence-electron chi connectivity index (χ1n) is 5.53. The number of aromatic hydroxyl groups is 1. The van der Waals surface area contributed by atoms with Gasteiger partial charge in [0.1, 0.15) is 5.75 Å². The van der Waals surface area contributed by atoms with Crippen LogP contribution in [0.15, 0.2) is 48.5 Å². The molecule has 0 saturated heterocycles. The van der Waals surface area contributed by atoms with Gasteiger partial charge in [0, 0.05) is 5.56 Å². The molecule has 0 radical (unpaired) electrons. The SMILES string of the molecule is O=C(C=Cc1ccccc1)c1cc(I)c(O)c(I)c1. The number of hydrogen-bond donors (Lipinski definition) is 1. The summed E-state index contributed by atoms with van der Waals surface area (Å²) in [7, 11) is 0. The largest absolute Gasteiger partial charge is 0.506 e. The molecule has 0 unspecified atom stereocenters. The highest BCUT2D eigenvalue weighted by Crippen LogP contribution is 2.27.